The van der Waals surface area contributed by atoms with Crippen molar-refractivity contribution in [3.8, 4) is 5.75 Å². The van der Waals surface area contributed by atoms with E-state index in [2.05, 4.69) is 4.74 Å². The minimum Gasteiger partial charge on any atom is -0.479 e. The zero-order valence-corrected chi connectivity index (χ0v) is 15.8. The molecule has 1 aromatic heterocycles. The van der Waals surface area contributed by atoms with Crippen molar-refractivity contribution < 1.29 is 32.0 Å². The number of methoxy groups -OCH3 is 1. The van der Waals surface area contributed by atoms with Gasteiger partial charge >= 0.3 is 11.7 Å². The average Bonchev–Trinajstić information content (AvgIpc) is 3.37. The van der Waals surface area contributed by atoms with Crippen molar-refractivity contribution in [3.05, 3.63) is 52.0 Å². The van der Waals surface area contributed by atoms with Gasteiger partial charge in [0.1, 0.15) is 12.4 Å². The number of carbonyl (C=O) groups is 1. The predicted molar refractivity (Wildman–Crippen MR) is 95.5 cm³/mol. The van der Waals surface area contributed by atoms with Gasteiger partial charge in [-0.3, -0.25) is 10.1 Å². The van der Waals surface area contributed by atoms with Crippen LogP contribution in [0.4, 0.5) is 5.69 Å². The van der Waals surface area contributed by atoms with Crippen LogP contribution in [-0.4, -0.2) is 43.8 Å². The Hall–Kier alpha value is -2.92. The summed E-state index contributed by atoms with van der Waals surface area (Å²) in [6.07, 6.45) is 1.53. The maximum absolute atomic E-state index is 12.6. The van der Waals surface area contributed by atoms with Gasteiger partial charge in [-0.1, -0.05) is 0 Å². The number of hydrogen-bond donors (Lipinski definition) is 0. The number of ether oxygens (including phenoxy) is 2. The van der Waals surface area contributed by atoms with Crippen molar-refractivity contribution in [1.29, 1.82) is 0 Å². The molecule has 0 bridgehead atoms. The van der Waals surface area contributed by atoms with Gasteiger partial charge in [0.25, 0.3) is 0 Å². The van der Waals surface area contributed by atoms with Gasteiger partial charge in [-0.25, -0.2) is 13.2 Å². The van der Waals surface area contributed by atoms with Gasteiger partial charge in [0.05, 0.1) is 16.9 Å². The molecule has 10 nitrogen and oxygen atoms in total. The van der Waals surface area contributed by atoms with Gasteiger partial charge in [0, 0.05) is 19.2 Å². The van der Waals surface area contributed by atoms with E-state index in [0.29, 0.717) is 13.1 Å². The first-order valence-corrected chi connectivity index (χ1v) is 9.85. The summed E-state index contributed by atoms with van der Waals surface area (Å²) in [5.41, 5.74) is -0.472. The van der Waals surface area contributed by atoms with Crippen LogP contribution in [0.15, 0.2) is 39.6 Å². The number of nitrogens with zero attached hydrogens (tertiary/aromatic N) is 2. The Morgan fingerprint density at radius 2 is 1.96 bits per heavy atom. The Labute approximate surface area is 160 Å². The second-order valence-electron chi connectivity index (χ2n) is 6.04. The van der Waals surface area contributed by atoms with Crippen molar-refractivity contribution in [2.24, 2.45) is 0 Å². The number of benzene rings is 1. The van der Waals surface area contributed by atoms with E-state index in [4.69, 9.17) is 9.15 Å². The average molecular weight is 410 g/mol. The molecular formula is C17H18N2O8S. The van der Waals surface area contributed by atoms with E-state index in [-0.39, 0.29) is 28.8 Å². The van der Waals surface area contributed by atoms with E-state index in [1.54, 1.807) is 0 Å². The predicted octanol–water partition coefficient (Wildman–Crippen LogP) is 2.34. The smallest absolute Gasteiger partial charge is 0.373 e. The highest BCUT2D eigenvalue weighted by Crippen LogP contribution is 2.32. The first kappa shape index (κ1) is 19.8. The van der Waals surface area contributed by atoms with Crippen LogP contribution < -0.4 is 4.74 Å². The highest BCUT2D eigenvalue weighted by Gasteiger charge is 2.30. The zero-order valence-electron chi connectivity index (χ0n) is 15.0. The summed E-state index contributed by atoms with van der Waals surface area (Å²) in [6.45, 7) is 0.612. The second kappa shape index (κ2) is 7.98. The van der Waals surface area contributed by atoms with Gasteiger partial charge in [-0.2, -0.15) is 4.31 Å². The van der Waals surface area contributed by atoms with Gasteiger partial charge in [-0.05, 0) is 37.1 Å². The van der Waals surface area contributed by atoms with Crippen LogP contribution in [0.3, 0.4) is 0 Å². The molecule has 2 aromatic rings. The van der Waals surface area contributed by atoms with E-state index in [0.717, 1.165) is 18.9 Å². The van der Waals surface area contributed by atoms with Gasteiger partial charge < -0.3 is 13.9 Å². The Kier molecular flexibility index (Phi) is 5.66. The van der Waals surface area contributed by atoms with Gasteiger partial charge in [-0.15, -0.1) is 0 Å². The summed E-state index contributed by atoms with van der Waals surface area (Å²) in [4.78, 5) is 21.9. The number of nitro groups is 1. The third-order valence-electron chi connectivity index (χ3n) is 4.25. The van der Waals surface area contributed by atoms with Crippen LogP contribution in [0.1, 0.15) is 29.2 Å². The molecule has 1 saturated heterocycles. The van der Waals surface area contributed by atoms with E-state index in [9.17, 15) is 23.3 Å². The Morgan fingerprint density at radius 1 is 1.25 bits per heavy atom. The first-order chi connectivity index (χ1) is 13.3. The topological polar surface area (TPSA) is 129 Å². The molecule has 2 heterocycles. The molecule has 0 spiro atoms. The van der Waals surface area contributed by atoms with Crippen LogP contribution in [0, 0.1) is 10.1 Å². The standard InChI is InChI=1S/C17H18N2O8S/c1-25-17(20)16-6-4-12(27-16)11-26-15-7-5-13(10-14(15)19(21)22)28(23,24)18-8-2-3-9-18/h4-7,10H,2-3,8-9,11H2,1H3. The van der Waals surface area contributed by atoms with E-state index < -0.39 is 26.6 Å². The summed E-state index contributed by atoms with van der Waals surface area (Å²) in [5, 5.41) is 11.4. The van der Waals surface area contributed by atoms with E-state index in [1.165, 1.54) is 35.7 Å². The molecule has 150 valence electrons. The third-order valence-corrected chi connectivity index (χ3v) is 6.14. The molecule has 0 amide bonds. The van der Waals surface area contributed by atoms with E-state index in [1.807, 2.05) is 0 Å². The molecule has 0 saturated carbocycles. The molecular weight excluding hydrogens is 392 g/mol. The number of carbonyl (C=O) groups excluding carboxylic acids is 1. The molecule has 1 aliphatic rings. The lowest BCUT2D eigenvalue weighted by atomic mass is 10.3. The molecule has 0 aliphatic carbocycles. The quantitative estimate of drug-likeness (QED) is 0.386. The first-order valence-electron chi connectivity index (χ1n) is 8.41. The highest BCUT2D eigenvalue weighted by molar-refractivity contribution is 7.89. The van der Waals surface area contributed by atoms with Crippen LogP contribution in [0.25, 0.3) is 0 Å². The lowest BCUT2D eigenvalue weighted by molar-refractivity contribution is -0.386. The number of rotatable bonds is 7. The maximum Gasteiger partial charge on any atom is 0.373 e. The lowest BCUT2D eigenvalue weighted by Gasteiger charge is -2.15. The zero-order chi connectivity index (χ0) is 20.3. The van der Waals surface area contributed by atoms with Crippen LogP contribution >= 0.6 is 0 Å². The van der Waals surface area contributed by atoms with Crippen molar-refractivity contribution in [1.82, 2.24) is 4.31 Å². The Bertz CT molecular complexity index is 992. The van der Waals surface area contributed by atoms with Crippen molar-refractivity contribution in [3.63, 3.8) is 0 Å². The van der Waals surface area contributed by atoms with Crippen LogP contribution in [0.2, 0.25) is 0 Å². The number of nitro benzene ring substituents is 1. The Morgan fingerprint density at radius 3 is 2.61 bits per heavy atom. The second-order valence-corrected chi connectivity index (χ2v) is 7.98. The van der Waals surface area contributed by atoms with E-state index >= 15 is 0 Å². The molecule has 3 rings (SSSR count). The van der Waals surface area contributed by atoms with Crippen molar-refractivity contribution >= 4 is 21.7 Å². The van der Waals surface area contributed by atoms with Gasteiger partial charge in [0.15, 0.2) is 5.75 Å². The molecule has 0 N–H and O–H groups in total. The fourth-order valence-corrected chi connectivity index (χ4v) is 4.35. The van der Waals surface area contributed by atoms with Crippen LogP contribution in [0.5, 0.6) is 5.75 Å². The summed E-state index contributed by atoms with van der Waals surface area (Å²) >= 11 is 0. The summed E-state index contributed by atoms with van der Waals surface area (Å²) in [6, 6.07) is 6.38. The molecule has 11 heteroatoms. The number of sulfonamides is 1. The normalized spacial score (nSPS) is 14.8. The lowest BCUT2D eigenvalue weighted by Crippen LogP contribution is -2.27. The molecule has 1 fully saturated rings. The molecule has 0 unspecified atom stereocenters. The third kappa shape index (κ3) is 3.99. The fraction of sp³-hybridized carbons (Fsp3) is 0.353. The van der Waals surface area contributed by atoms with Crippen molar-refractivity contribution in [2.75, 3.05) is 20.2 Å². The molecule has 0 atom stereocenters. The fourth-order valence-electron chi connectivity index (χ4n) is 2.81. The molecule has 1 aromatic carbocycles. The number of esters is 1. The van der Waals surface area contributed by atoms with Crippen molar-refractivity contribution in [2.45, 2.75) is 24.3 Å². The monoisotopic (exact) mass is 410 g/mol. The molecule has 28 heavy (non-hydrogen) atoms. The minimum atomic E-state index is -3.78. The number of furan rings is 1. The largest absolute Gasteiger partial charge is 0.479 e. The summed E-state index contributed by atoms with van der Waals surface area (Å²) < 4.78 is 41.7. The Balaban J connectivity index is 1.81. The van der Waals surface area contributed by atoms with Gasteiger partial charge in [0.2, 0.25) is 15.8 Å². The molecule has 1 aliphatic heterocycles. The summed E-state index contributed by atoms with van der Waals surface area (Å²) in [7, 11) is -2.57. The molecule has 0 radical (unpaired) electrons. The minimum absolute atomic E-state index is 0.0253. The maximum atomic E-state index is 12.6. The summed E-state index contributed by atoms with van der Waals surface area (Å²) in [5.74, 6) is -0.541. The number of hydrogen-bond acceptors (Lipinski definition) is 8. The SMILES string of the molecule is COC(=O)c1ccc(COc2ccc(S(=O)(=O)N3CCCC3)cc2[N+](=O)[O-])o1. The highest BCUT2D eigenvalue weighted by atomic mass is 32.2. The van der Waals surface area contributed by atoms with Crippen LogP contribution in [-0.2, 0) is 21.4 Å².